The average Bonchev–Trinajstić information content (AvgIpc) is 2.97. The SMILES string of the molecule is C[C@H](CC(=O)NC[C@@H]1CCOC1)c1ccccc1C(F)(F)F. The summed E-state index contributed by atoms with van der Waals surface area (Å²) in [5, 5.41) is 2.78. The van der Waals surface area contributed by atoms with Crippen LogP contribution in [0.3, 0.4) is 0 Å². The minimum atomic E-state index is -4.40. The number of amides is 1. The van der Waals surface area contributed by atoms with E-state index in [-0.39, 0.29) is 17.9 Å². The van der Waals surface area contributed by atoms with Crippen LogP contribution in [0.25, 0.3) is 0 Å². The lowest BCUT2D eigenvalue weighted by molar-refractivity contribution is -0.138. The summed E-state index contributed by atoms with van der Waals surface area (Å²) in [5.41, 5.74) is -0.506. The van der Waals surface area contributed by atoms with Crippen molar-refractivity contribution in [1.82, 2.24) is 5.32 Å². The molecule has 2 rings (SSSR count). The summed E-state index contributed by atoms with van der Waals surface area (Å²) < 4.78 is 44.2. The number of hydrogen-bond acceptors (Lipinski definition) is 2. The Balaban J connectivity index is 1.94. The third-order valence-electron chi connectivity index (χ3n) is 3.90. The number of carbonyl (C=O) groups is 1. The third kappa shape index (κ3) is 4.47. The first kappa shape index (κ1) is 16.8. The predicted molar refractivity (Wildman–Crippen MR) is 76.4 cm³/mol. The Bertz CT molecular complexity index is 510. The zero-order chi connectivity index (χ0) is 16.2. The molecule has 2 atom stereocenters. The first-order valence-electron chi connectivity index (χ1n) is 7.38. The molecule has 1 fully saturated rings. The maximum Gasteiger partial charge on any atom is 0.416 e. The quantitative estimate of drug-likeness (QED) is 0.905. The van der Waals surface area contributed by atoms with Gasteiger partial charge in [0.25, 0.3) is 0 Å². The first-order chi connectivity index (χ1) is 10.4. The van der Waals surface area contributed by atoms with Crippen LogP contribution < -0.4 is 5.32 Å². The van der Waals surface area contributed by atoms with Gasteiger partial charge in [0.1, 0.15) is 0 Å². The van der Waals surface area contributed by atoms with E-state index in [4.69, 9.17) is 4.74 Å². The van der Waals surface area contributed by atoms with Gasteiger partial charge < -0.3 is 10.1 Å². The molecule has 1 heterocycles. The lowest BCUT2D eigenvalue weighted by atomic mass is 9.92. The van der Waals surface area contributed by atoms with Gasteiger partial charge in [-0.05, 0) is 24.0 Å². The second-order valence-electron chi connectivity index (χ2n) is 5.72. The number of hydrogen-bond donors (Lipinski definition) is 1. The number of ether oxygens (including phenoxy) is 1. The van der Waals surface area contributed by atoms with Crippen molar-refractivity contribution in [1.29, 1.82) is 0 Å². The summed E-state index contributed by atoms with van der Waals surface area (Å²) in [6.45, 7) is 3.50. The van der Waals surface area contributed by atoms with Gasteiger partial charge in [-0.3, -0.25) is 4.79 Å². The molecule has 0 unspecified atom stereocenters. The summed E-state index contributed by atoms with van der Waals surface area (Å²) in [6.07, 6.45) is -3.45. The highest BCUT2D eigenvalue weighted by atomic mass is 19.4. The van der Waals surface area contributed by atoms with Crippen LogP contribution in [0.5, 0.6) is 0 Å². The number of nitrogens with one attached hydrogen (secondary N) is 1. The van der Waals surface area contributed by atoms with E-state index in [1.165, 1.54) is 12.1 Å². The zero-order valence-corrected chi connectivity index (χ0v) is 12.5. The van der Waals surface area contributed by atoms with Gasteiger partial charge in [0.15, 0.2) is 0 Å². The molecule has 122 valence electrons. The van der Waals surface area contributed by atoms with Crippen LogP contribution in [0.4, 0.5) is 13.2 Å². The number of benzene rings is 1. The minimum Gasteiger partial charge on any atom is -0.381 e. The Morgan fingerprint density at radius 2 is 2.14 bits per heavy atom. The Morgan fingerprint density at radius 1 is 1.41 bits per heavy atom. The highest BCUT2D eigenvalue weighted by molar-refractivity contribution is 5.76. The number of alkyl halides is 3. The van der Waals surface area contributed by atoms with Crippen molar-refractivity contribution >= 4 is 5.91 Å². The molecule has 1 aliphatic heterocycles. The highest BCUT2D eigenvalue weighted by Crippen LogP contribution is 2.35. The maximum atomic E-state index is 13.0. The first-order valence-corrected chi connectivity index (χ1v) is 7.38. The molecule has 1 aromatic rings. The van der Waals surface area contributed by atoms with E-state index >= 15 is 0 Å². The molecule has 0 aromatic heterocycles. The number of halogens is 3. The summed E-state index contributed by atoms with van der Waals surface area (Å²) in [4.78, 5) is 11.9. The Labute approximate surface area is 127 Å². The molecule has 0 bridgehead atoms. The van der Waals surface area contributed by atoms with Crippen LogP contribution in [-0.4, -0.2) is 25.7 Å². The average molecular weight is 315 g/mol. The summed E-state index contributed by atoms with van der Waals surface area (Å²) in [6, 6.07) is 5.42. The molecular formula is C16H20F3NO2. The van der Waals surface area contributed by atoms with Gasteiger partial charge in [0, 0.05) is 25.5 Å². The minimum absolute atomic E-state index is 0.0423. The maximum absolute atomic E-state index is 13.0. The number of rotatable bonds is 5. The molecule has 1 aromatic carbocycles. The lowest BCUT2D eigenvalue weighted by Crippen LogP contribution is -2.30. The fourth-order valence-corrected chi connectivity index (χ4v) is 2.65. The van der Waals surface area contributed by atoms with E-state index in [0.29, 0.717) is 25.7 Å². The zero-order valence-electron chi connectivity index (χ0n) is 12.5. The van der Waals surface area contributed by atoms with E-state index in [9.17, 15) is 18.0 Å². The standard InChI is InChI=1S/C16H20F3NO2/c1-11(8-15(21)20-9-12-6-7-22-10-12)13-4-2-3-5-14(13)16(17,18)19/h2-5,11-12H,6-10H2,1H3,(H,20,21)/t11-,12+/m1/s1. The molecule has 1 saturated heterocycles. The van der Waals surface area contributed by atoms with Gasteiger partial charge in [-0.15, -0.1) is 0 Å². The number of carbonyl (C=O) groups excluding carboxylic acids is 1. The second-order valence-corrected chi connectivity index (χ2v) is 5.72. The summed E-state index contributed by atoms with van der Waals surface area (Å²) >= 11 is 0. The highest BCUT2D eigenvalue weighted by Gasteiger charge is 2.34. The molecule has 1 aliphatic rings. The van der Waals surface area contributed by atoms with Crippen molar-refractivity contribution < 1.29 is 22.7 Å². The van der Waals surface area contributed by atoms with Crippen molar-refractivity contribution in [3.8, 4) is 0 Å². The van der Waals surface area contributed by atoms with Crippen LogP contribution in [0.15, 0.2) is 24.3 Å². The van der Waals surface area contributed by atoms with Crippen molar-refractivity contribution in [2.75, 3.05) is 19.8 Å². The van der Waals surface area contributed by atoms with Crippen LogP contribution in [0.2, 0.25) is 0 Å². The van der Waals surface area contributed by atoms with Crippen molar-refractivity contribution in [3.63, 3.8) is 0 Å². The third-order valence-corrected chi connectivity index (χ3v) is 3.90. The van der Waals surface area contributed by atoms with Crippen LogP contribution in [0, 0.1) is 5.92 Å². The molecule has 0 aliphatic carbocycles. The van der Waals surface area contributed by atoms with E-state index in [0.717, 1.165) is 12.5 Å². The van der Waals surface area contributed by atoms with Crippen LogP contribution >= 0.6 is 0 Å². The van der Waals surface area contributed by atoms with Crippen molar-refractivity contribution in [2.24, 2.45) is 5.92 Å². The molecule has 22 heavy (non-hydrogen) atoms. The van der Waals surface area contributed by atoms with Gasteiger partial charge in [-0.2, -0.15) is 13.2 Å². The molecule has 6 heteroatoms. The topological polar surface area (TPSA) is 38.3 Å². The van der Waals surface area contributed by atoms with Gasteiger partial charge in [0.05, 0.1) is 12.2 Å². The summed E-state index contributed by atoms with van der Waals surface area (Å²) in [7, 11) is 0. The molecule has 0 saturated carbocycles. The lowest BCUT2D eigenvalue weighted by Gasteiger charge is -2.18. The predicted octanol–water partition coefficient (Wildman–Crippen LogP) is 3.35. The van der Waals surface area contributed by atoms with E-state index in [1.54, 1.807) is 13.0 Å². The van der Waals surface area contributed by atoms with E-state index in [2.05, 4.69) is 5.32 Å². The Morgan fingerprint density at radius 3 is 2.77 bits per heavy atom. The van der Waals surface area contributed by atoms with Gasteiger partial charge >= 0.3 is 6.18 Å². The smallest absolute Gasteiger partial charge is 0.381 e. The molecule has 1 amide bonds. The molecule has 1 N–H and O–H groups in total. The molecule has 3 nitrogen and oxygen atoms in total. The molecular weight excluding hydrogens is 295 g/mol. The van der Waals surface area contributed by atoms with E-state index < -0.39 is 17.7 Å². The monoisotopic (exact) mass is 315 g/mol. The fraction of sp³-hybridized carbons (Fsp3) is 0.562. The Kier molecular flexibility index (Phi) is 5.45. The van der Waals surface area contributed by atoms with E-state index in [1.807, 2.05) is 0 Å². The Hall–Kier alpha value is -1.56. The van der Waals surface area contributed by atoms with Crippen LogP contribution in [-0.2, 0) is 15.7 Å². The van der Waals surface area contributed by atoms with Crippen molar-refractivity contribution in [2.45, 2.75) is 31.9 Å². The van der Waals surface area contributed by atoms with Gasteiger partial charge in [-0.25, -0.2) is 0 Å². The fourth-order valence-electron chi connectivity index (χ4n) is 2.65. The van der Waals surface area contributed by atoms with Crippen molar-refractivity contribution in [3.05, 3.63) is 35.4 Å². The van der Waals surface area contributed by atoms with Gasteiger partial charge in [0.2, 0.25) is 5.91 Å². The normalized spacial score (nSPS) is 19.9. The second kappa shape index (κ2) is 7.13. The molecule has 0 spiro atoms. The molecule has 0 radical (unpaired) electrons. The summed E-state index contributed by atoms with van der Waals surface area (Å²) in [5.74, 6) is -0.407. The largest absolute Gasteiger partial charge is 0.416 e. The van der Waals surface area contributed by atoms with Crippen LogP contribution in [0.1, 0.15) is 36.8 Å². The van der Waals surface area contributed by atoms with Gasteiger partial charge in [-0.1, -0.05) is 25.1 Å².